The number of hydrogen-bond donors (Lipinski definition) is 2. The number of ether oxygens (including phenoxy) is 1. The number of furan rings is 1. The summed E-state index contributed by atoms with van der Waals surface area (Å²) in [5.41, 5.74) is 3.52. The van der Waals surface area contributed by atoms with E-state index in [1.807, 2.05) is 26.0 Å². The Balaban J connectivity index is 0.00000112. The predicted molar refractivity (Wildman–Crippen MR) is 180 cm³/mol. The molecular formula is C37H51NO8. The third-order valence-electron chi connectivity index (χ3n) is 7.57. The summed E-state index contributed by atoms with van der Waals surface area (Å²) in [7, 11) is 0. The zero-order chi connectivity index (χ0) is 34.1. The molecule has 9 heteroatoms. The molecule has 0 spiro atoms. The van der Waals surface area contributed by atoms with E-state index < -0.39 is 17.9 Å². The first-order chi connectivity index (χ1) is 22.0. The summed E-state index contributed by atoms with van der Waals surface area (Å²) in [6, 6.07) is 13.3. The quantitative estimate of drug-likeness (QED) is 0.0616. The summed E-state index contributed by atoms with van der Waals surface area (Å²) >= 11 is 0. The highest BCUT2D eigenvalue weighted by Crippen LogP contribution is 2.31. The van der Waals surface area contributed by atoms with Crippen LogP contribution in [0.2, 0.25) is 0 Å². The molecule has 0 bridgehead atoms. The summed E-state index contributed by atoms with van der Waals surface area (Å²) in [4.78, 5) is 47.2. The standard InChI is InChI=1S/C35H49NO4.C2H2O4/c1-6-9-15-32-33(30-25-29(20-21-31(30)40-32)35(38)39-26(4)5)34(37)28-18-16-27(17-19-28)14-12-13-24-36(22-10-7-2)23-11-8-3;3-1(4)2(5)6/h16-21,25-26H,6-15,22-24H2,1-5H3;(H,3,4)(H,5,6). The maximum absolute atomic E-state index is 13.8. The molecule has 2 N–H and O–H groups in total. The summed E-state index contributed by atoms with van der Waals surface area (Å²) in [5.74, 6) is -3.41. The van der Waals surface area contributed by atoms with Gasteiger partial charge in [0.15, 0.2) is 5.78 Å². The van der Waals surface area contributed by atoms with E-state index >= 15 is 0 Å². The van der Waals surface area contributed by atoms with Gasteiger partial charge in [0.25, 0.3) is 0 Å². The first-order valence-corrected chi connectivity index (χ1v) is 16.6. The lowest BCUT2D eigenvalue weighted by Crippen LogP contribution is -2.27. The van der Waals surface area contributed by atoms with Crippen LogP contribution >= 0.6 is 0 Å². The smallest absolute Gasteiger partial charge is 0.414 e. The van der Waals surface area contributed by atoms with E-state index in [0.29, 0.717) is 39.8 Å². The van der Waals surface area contributed by atoms with Crippen molar-refractivity contribution in [3.05, 3.63) is 70.5 Å². The molecule has 1 aromatic heterocycles. The number of unbranched alkanes of at least 4 members (excludes halogenated alkanes) is 4. The van der Waals surface area contributed by atoms with Crippen LogP contribution < -0.4 is 0 Å². The molecule has 0 amide bonds. The van der Waals surface area contributed by atoms with Gasteiger partial charge in [0.05, 0.1) is 17.2 Å². The third-order valence-corrected chi connectivity index (χ3v) is 7.57. The van der Waals surface area contributed by atoms with Gasteiger partial charge in [-0.3, -0.25) is 4.79 Å². The van der Waals surface area contributed by atoms with E-state index in [0.717, 1.165) is 32.2 Å². The monoisotopic (exact) mass is 637 g/mol. The van der Waals surface area contributed by atoms with Crippen molar-refractivity contribution < 1.29 is 38.5 Å². The zero-order valence-corrected chi connectivity index (χ0v) is 28.1. The van der Waals surface area contributed by atoms with Crippen molar-refractivity contribution in [3.63, 3.8) is 0 Å². The van der Waals surface area contributed by atoms with Gasteiger partial charge < -0.3 is 24.3 Å². The Morgan fingerprint density at radius 1 is 0.739 bits per heavy atom. The lowest BCUT2D eigenvalue weighted by Gasteiger charge is -2.21. The SMILES string of the molecule is CCCCc1oc2ccc(C(=O)OC(C)C)cc2c1C(=O)c1ccc(CCCCN(CCCC)CCCC)cc1.O=C(O)C(=O)O. The molecule has 46 heavy (non-hydrogen) atoms. The second-order valence-corrected chi connectivity index (χ2v) is 11.8. The molecular weight excluding hydrogens is 586 g/mol. The highest BCUT2D eigenvalue weighted by atomic mass is 16.5. The fraction of sp³-hybridized carbons (Fsp3) is 0.514. The minimum absolute atomic E-state index is 0.0618. The fourth-order valence-corrected chi connectivity index (χ4v) is 5.05. The van der Waals surface area contributed by atoms with Gasteiger partial charge >= 0.3 is 17.9 Å². The van der Waals surface area contributed by atoms with Crippen LogP contribution in [-0.2, 0) is 27.2 Å². The predicted octanol–water partition coefficient (Wildman–Crippen LogP) is 7.95. The van der Waals surface area contributed by atoms with Crippen molar-refractivity contribution in [2.75, 3.05) is 19.6 Å². The first kappa shape index (κ1) is 38.2. The normalized spacial score (nSPS) is 11.0. The van der Waals surface area contributed by atoms with Crippen LogP contribution in [0, 0.1) is 0 Å². The number of nitrogens with zero attached hydrogens (tertiary/aromatic N) is 1. The Morgan fingerprint density at radius 3 is 1.85 bits per heavy atom. The van der Waals surface area contributed by atoms with E-state index in [2.05, 4.69) is 37.8 Å². The van der Waals surface area contributed by atoms with Gasteiger partial charge in [0.1, 0.15) is 11.3 Å². The molecule has 3 aromatic rings. The maximum atomic E-state index is 13.8. The van der Waals surface area contributed by atoms with Crippen molar-refractivity contribution in [2.24, 2.45) is 0 Å². The van der Waals surface area contributed by atoms with Crippen LogP contribution in [0.1, 0.15) is 124 Å². The van der Waals surface area contributed by atoms with Gasteiger partial charge in [0, 0.05) is 17.4 Å². The van der Waals surface area contributed by atoms with Gasteiger partial charge in [-0.15, -0.1) is 0 Å². The van der Waals surface area contributed by atoms with Crippen LogP contribution in [0.5, 0.6) is 0 Å². The zero-order valence-electron chi connectivity index (χ0n) is 28.1. The Hall–Kier alpha value is -3.98. The summed E-state index contributed by atoms with van der Waals surface area (Å²) in [5, 5.41) is 15.5. The molecule has 0 aliphatic carbocycles. The Morgan fingerprint density at radius 2 is 1.30 bits per heavy atom. The second-order valence-electron chi connectivity index (χ2n) is 11.8. The number of aryl methyl sites for hydroxylation is 2. The van der Waals surface area contributed by atoms with Crippen LogP contribution in [0.25, 0.3) is 11.0 Å². The number of benzene rings is 2. The topological polar surface area (TPSA) is 134 Å². The molecule has 0 aliphatic rings. The van der Waals surface area contributed by atoms with Crippen molar-refractivity contribution >= 4 is 34.7 Å². The molecule has 0 unspecified atom stereocenters. The minimum Gasteiger partial charge on any atom is -0.473 e. The van der Waals surface area contributed by atoms with Gasteiger partial charge in [0.2, 0.25) is 0 Å². The highest BCUT2D eigenvalue weighted by Gasteiger charge is 2.23. The number of rotatable bonds is 18. The molecule has 9 nitrogen and oxygen atoms in total. The van der Waals surface area contributed by atoms with Gasteiger partial charge in [-0.05, 0) is 95.8 Å². The Kier molecular flexibility index (Phi) is 16.8. The van der Waals surface area contributed by atoms with Crippen LogP contribution in [0.3, 0.4) is 0 Å². The van der Waals surface area contributed by atoms with Crippen molar-refractivity contribution in [2.45, 2.75) is 105 Å². The average Bonchev–Trinajstić information content (AvgIpc) is 3.40. The van der Waals surface area contributed by atoms with E-state index in [4.69, 9.17) is 29.0 Å². The largest absolute Gasteiger partial charge is 0.473 e. The van der Waals surface area contributed by atoms with Gasteiger partial charge in [-0.2, -0.15) is 0 Å². The molecule has 3 rings (SSSR count). The molecule has 0 saturated carbocycles. The Bertz CT molecular complexity index is 1390. The van der Waals surface area contributed by atoms with Gasteiger partial charge in [-0.1, -0.05) is 64.3 Å². The molecule has 0 aliphatic heterocycles. The molecule has 0 atom stereocenters. The number of carboxylic acids is 2. The van der Waals surface area contributed by atoms with E-state index in [-0.39, 0.29) is 11.9 Å². The van der Waals surface area contributed by atoms with Crippen LogP contribution in [0.4, 0.5) is 0 Å². The maximum Gasteiger partial charge on any atom is 0.414 e. The molecule has 252 valence electrons. The number of esters is 1. The van der Waals surface area contributed by atoms with E-state index in [1.54, 1.807) is 18.2 Å². The summed E-state index contributed by atoms with van der Waals surface area (Å²) in [6.45, 7) is 13.9. The molecule has 0 fully saturated rings. The number of carboxylic acid groups (broad SMARTS) is 2. The number of carbonyl (C=O) groups is 4. The van der Waals surface area contributed by atoms with Gasteiger partial charge in [-0.25, -0.2) is 14.4 Å². The molecule has 2 aromatic carbocycles. The lowest BCUT2D eigenvalue weighted by molar-refractivity contribution is -0.159. The van der Waals surface area contributed by atoms with Crippen LogP contribution in [-0.4, -0.2) is 64.5 Å². The van der Waals surface area contributed by atoms with Crippen molar-refractivity contribution in [1.29, 1.82) is 0 Å². The highest BCUT2D eigenvalue weighted by molar-refractivity contribution is 6.27. The van der Waals surface area contributed by atoms with Crippen molar-refractivity contribution in [3.8, 4) is 0 Å². The fourth-order valence-electron chi connectivity index (χ4n) is 5.05. The Labute approximate surface area is 272 Å². The lowest BCUT2D eigenvalue weighted by atomic mass is 9.96. The summed E-state index contributed by atoms with van der Waals surface area (Å²) in [6.07, 6.45) is 10.8. The minimum atomic E-state index is -1.82. The number of hydrogen-bond acceptors (Lipinski definition) is 7. The number of fused-ring (bicyclic) bond motifs is 1. The summed E-state index contributed by atoms with van der Waals surface area (Å²) < 4.78 is 11.5. The van der Waals surface area contributed by atoms with Crippen LogP contribution in [0.15, 0.2) is 46.9 Å². The average molecular weight is 638 g/mol. The second kappa shape index (κ2) is 20.2. The van der Waals surface area contributed by atoms with E-state index in [9.17, 15) is 9.59 Å². The third kappa shape index (κ3) is 12.4. The van der Waals surface area contributed by atoms with Crippen molar-refractivity contribution in [1.82, 2.24) is 4.90 Å². The molecule has 0 saturated heterocycles. The number of aliphatic carboxylic acids is 2. The number of ketones is 1. The molecule has 1 heterocycles. The van der Waals surface area contributed by atoms with E-state index in [1.165, 1.54) is 50.8 Å². The first-order valence-electron chi connectivity index (χ1n) is 16.6. The molecule has 0 radical (unpaired) electrons. The number of carbonyl (C=O) groups excluding carboxylic acids is 2.